The van der Waals surface area contributed by atoms with Crippen molar-refractivity contribution >= 4 is 23.6 Å². The minimum Gasteiger partial charge on any atom is -0.503 e. The minimum absolute atomic E-state index is 0.0671. The van der Waals surface area contributed by atoms with Gasteiger partial charge in [0.15, 0.2) is 11.5 Å². The molecule has 158 valence electrons. The number of ether oxygens (including phenoxy) is 2. The first-order valence-electron chi connectivity index (χ1n) is 9.96. The average molecular weight is 423 g/mol. The Hall–Kier alpha value is -2.41. The molecule has 29 heavy (non-hydrogen) atoms. The number of amides is 2. The highest BCUT2D eigenvalue weighted by Crippen LogP contribution is 2.39. The van der Waals surface area contributed by atoms with Crippen LogP contribution in [0.4, 0.5) is 4.79 Å². The Kier molecular flexibility index (Phi) is 6.90. The van der Waals surface area contributed by atoms with Crippen molar-refractivity contribution in [3.05, 3.63) is 34.0 Å². The number of esters is 1. The summed E-state index contributed by atoms with van der Waals surface area (Å²) in [5.74, 6) is -0.503. The van der Waals surface area contributed by atoms with E-state index in [1.807, 2.05) is 0 Å². The number of carbonyl (C=O) groups is 2. The third-order valence-corrected chi connectivity index (χ3v) is 5.71. The summed E-state index contributed by atoms with van der Waals surface area (Å²) in [6.45, 7) is 1.67. The molecule has 1 aliphatic carbocycles. The molecule has 3 N–H and O–H groups in total. The van der Waals surface area contributed by atoms with Crippen LogP contribution in [0.5, 0.6) is 11.5 Å². The molecule has 0 spiro atoms. The number of benzene rings is 1. The molecule has 1 aromatic rings. The molecule has 1 aliphatic heterocycles. The molecule has 0 saturated heterocycles. The Balaban J connectivity index is 1.89. The highest BCUT2D eigenvalue weighted by Gasteiger charge is 2.34. The number of hydrogen-bond acceptors (Lipinski definition) is 5. The second kappa shape index (κ2) is 9.39. The van der Waals surface area contributed by atoms with Crippen molar-refractivity contribution in [3.63, 3.8) is 0 Å². The molecular weight excluding hydrogens is 396 g/mol. The first-order chi connectivity index (χ1) is 13.9. The van der Waals surface area contributed by atoms with Crippen LogP contribution in [0.1, 0.15) is 63.5 Å². The second-order valence-electron chi connectivity index (χ2n) is 7.50. The first kappa shape index (κ1) is 21.3. The number of urea groups is 1. The van der Waals surface area contributed by atoms with Crippen molar-refractivity contribution in [1.29, 1.82) is 0 Å². The SMILES string of the molecule is COc1cc([C@@H]2NC(=O)NC(C)=C2C(=O)OC2CCCCCCC2)cc(Cl)c1O. The van der Waals surface area contributed by atoms with Crippen LogP contribution in [0.3, 0.4) is 0 Å². The van der Waals surface area contributed by atoms with Gasteiger partial charge in [-0.25, -0.2) is 9.59 Å². The number of hydrogen-bond donors (Lipinski definition) is 3. The lowest BCUT2D eigenvalue weighted by Crippen LogP contribution is -2.45. The molecule has 2 aliphatic rings. The van der Waals surface area contributed by atoms with E-state index in [9.17, 15) is 14.7 Å². The molecule has 0 unspecified atom stereocenters. The Labute approximate surface area is 175 Å². The molecule has 3 rings (SSSR count). The number of allylic oxidation sites excluding steroid dienone is 1. The Bertz CT molecular complexity index is 816. The molecule has 1 saturated carbocycles. The van der Waals surface area contributed by atoms with Gasteiger partial charge in [-0.15, -0.1) is 0 Å². The largest absolute Gasteiger partial charge is 0.503 e. The van der Waals surface area contributed by atoms with Gasteiger partial charge in [0.05, 0.1) is 23.7 Å². The van der Waals surface area contributed by atoms with Crippen molar-refractivity contribution in [2.24, 2.45) is 0 Å². The number of methoxy groups -OCH3 is 1. The van der Waals surface area contributed by atoms with Crippen LogP contribution >= 0.6 is 11.6 Å². The summed E-state index contributed by atoms with van der Waals surface area (Å²) in [5.41, 5.74) is 1.26. The number of carbonyl (C=O) groups excluding carboxylic acids is 2. The van der Waals surface area contributed by atoms with E-state index in [2.05, 4.69) is 10.6 Å². The van der Waals surface area contributed by atoms with E-state index in [1.54, 1.807) is 13.0 Å². The van der Waals surface area contributed by atoms with Crippen LogP contribution in [-0.2, 0) is 9.53 Å². The normalized spacial score (nSPS) is 20.9. The number of halogens is 1. The van der Waals surface area contributed by atoms with E-state index in [1.165, 1.54) is 19.6 Å². The summed E-state index contributed by atoms with van der Waals surface area (Å²) in [4.78, 5) is 25.2. The van der Waals surface area contributed by atoms with Gasteiger partial charge in [-0.2, -0.15) is 0 Å². The van der Waals surface area contributed by atoms with Crippen LogP contribution in [0, 0.1) is 0 Å². The van der Waals surface area contributed by atoms with Gasteiger partial charge < -0.3 is 25.2 Å². The van der Waals surface area contributed by atoms with Crippen molar-refractivity contribution in [2.75, 3.05) is 7.11 Å². The predicted octanol–water partition coefficient (Wildman–Crippen LogP) is 4.34. The molecular formula is C21H27ClN2O5. The van der Waals surface area contributed by atoms with Gasteiger partial charge in [0.25, 0.3) is 0 Å². The fraction of sp³-hybridized carbons (Fsp3) is 0.524. The molecule has 0 bridgehead atoms. The van der Waals surface area contributed by atoms with E-state index >= 15 is 0 Å². The minimum atomic E-state index is -0.767. The zero-order valence-corrected chi connectivity index (χ0v) is 17.5. The molecule has 0 radical (unpaired) electrons. The highest BCUT2D eigenvalue weighted by molar-refractivity contribution is 6.32. The maximum atomic E-state index is 13.1. The smallest absolute Gasteiger partial charge is 0.338 e. The molecule has 1 aromatic carbocycles. The fourth-order valence-corrected chi connectivity index (χ4v) is 4.10. The Morgan fingerprint density at radius 1 is 1.17 bits per heavy atom. The van der Waals surface area contributed by atoms with E-state index < -0.39 is 18.0 Å². The molecule has 7 nitrogen and oxygen atoms in total. The summed E-state index contributed by atoms with van der Waals surface area (Å²) in [6.07, 6.45) is 7.19. The summed E-state index contributed by atoms with van der Waals surface area (Å²) < 4.78 is 11.0. The number of phenols is 1. The zero-order chi connectivity index (χ0) is 21.0. The van der Waals surface area contributed by atoms with Crippen LogP contribution < -0.4 is 15.4 Å². The van der Waals surface area contributed by atoms with Crippen molar-refractivity contribution in [3.8, 4) is 11.5 Å². The summed E-state index contributed by atoms with van der Waals surface area (Å²) in [6, 6.07) is 1.86. The van der Waals surface area contributed by atoms with Gasteiger partial charge in [-0.1, -0.05) is 30.9 Å². The maximum absolute atomic E-state index is 13.1. The number of aromatic hydroxyl groups is 1. The number of nitrogens with one attached hydrogen (secondary N) is 2. The number of phenolic OH excluding ortho intramolecular Hbond substituents is 1. The van der Waals surface area contributed by atoms with Crippen molar-refractivity contribution in [1.82, 2.24) is 10.6 Å². The molecule has 1 atom stereocenters. The van der Waals surface area contributed by atoms with Gasteiger partial charge in [0, 0.05) is 5.70 Å². The fourth-order valence-electron chi connectivity index (χ4n) is 3.88. The summed E-state index contributed by atoms with van der Waals surface area (Å²) in [7, 11) is 1.40. The highest BCUT2D eigenvalue weighted by atomic mass is 35.5. The molecule has 1 heterocycles. The van der Waals surface area contributed by atoms with Crippen molar-refractivity contribution < 1.29 is 24.2 Å². The van der Waals surface area contributed by atoms with Crippen LogP contribution in [-0.4, -0.2) is 30.3 Å². The third-order valence-electron chi connectivity index (χ3n) is 5.42. The Morgan fingerprint density at radius 2 is 1.83 bits per heavy atom. The van der Waals surface area contributed by atoms with E-state index in [-0.39, 0.29) is 22.6 Å². The van der Waals surface area contributed by atoms with Gasteiger partial charge in [-0.3, -0.25) is 0 Å². The topological polar surface area (TPSA) is 96.9 Å². The van der Waals surface area contributed by atoms with Gasteiger partial charge in [-0.05, 0) is 50.3 Å². The lowest BCUT2D eigenvalue weighted by molar-refractivity contribution is -0.145. The second-order valence-corrected chi connectivity index (χ2v) is 7.90. The van der Waals surface area contributed by atoms with E-state index in [4.69, 9.17) is 21.1 Å². The van der Waals surface area contributed by atoms with E-state index in [0.29, 0.717) is 16.8 Å². The van der Waals surface area contributed by atoms with Crippen molar-refractivity contribution in [2.45, 2.75) is 64.0 Å². The lowest BCUT2D eigenvalue weighted by atomic mass is 9.94. The van der Waals surface area contributed by atoms with Crippen LogP contribution in [0.15, 0.2) is 23.4 Å². The summed E-state index contributed by atoms with van der Waals surface area (Å²) in [5, 5.41) is 15.5. The average Bonchev–Trinajstić information content (AvgIpc) is 2.65. The van der Waals surface area contributed by atoms with Gasteiger partial charge >= 0.3 is 12.0 Å². The Morgan fingerprint density at radius 3 is 2.48 bits per heavy atom. The monoisotopic (exact) mass is 422 g/mol. The van der Waals surface area contributed by atoms with E-state index in [0.717, 1.165) is 38.5 Å². The number of rotatable bonds is 4. The van der Waals surface area contributed by atoms with Crippen LogP contribution in [0.2, 0.25) is 5.02 Å². The zero-order valence-electron chi connectivity index (χ0n) is 16.7. The predicted molar refractivity (Wildman–Crippen MR) is 109 cm³/mol. The standard InChI is InChI=1S/C21H27ClN2O5/c1-12-17(20(26)29-14-8-6-4-3-5-7-9-14)18(24-21(27)23-12)13-10-15(22)19(25)16(11-13)28-2/h10-11,14,18,25H,3-9H2,1-2H3,(H2,23,24,27)/t18-/m0/s1. The third kappa shape index (κ3) is 4.96. The molecule has 8 heteroatoms. The molecule has 2 amide bonds. The molecule has 0 aromatic heterocycles. The van der Waals surface area contributed by atoms with Gasteiger partial charge in [0.1, 0.15) is 6.10 Å². The quantitative estimate of drug-likeness (QED) is 0.627. The first-order valence-corrected chi connectivity index (χ1v) is 10.3. The maximum Gasteiger partial charge on any atom is 0.338 e. The lowest BCUT2D eigenvalue weighted by Gasteiger charge is -2.30. The van der Waals surface area contributed by atoms with Gasteiger partial charge in [0.2, 0.25) is 0 Å². The summed E-state index contributed by atoms with van der Waals surface area (Å²) >= 11 is 6.12. The van der Waals surface area contributed by atoms with Crippen LogP contribution in [0.25, 0.3) is 0 Å². The molecule has 1 fully saturated rings.